The first-order valence-corrected chi connectivity index (χ1v) is 13.3. The van der Waals surface area contributed by atoms with Gasteiger partial charge in [-0.15, -0.1) is 0 Å². The summed E-state index contributed by atoms with van der Waals surface area (Å²) in [7, 11) is -4.22. The van der Waals surface area contributed by atoms with Gasteiger partial charge in [-0.3, -0.25) is 14.1 Å². The lowest BCUT2D eigenvalue weighted by Crippen LogP contribution is -2.39. The number of carbonyl (C=O) groups excluding carboxylic acids is 1. The number of sulfonamides is 1. The van der Waals surface area contributed by atoms with Crippen LogP contribution in [0.2, 0.25) is 10.0 Å². The number of esters is 1. The summed E-state index contributed by atoms with van der Waals surface area (Å²) < 4.78 is 33.8. The lowest BCUT2D eigenvalue weighted by atomic mass is 10.0. The zero-order valence-electron chi connectivity index (χ0n) is 19.9. The maximum absolute atomic E-state index is 13.7. The van der Waals surface area contributed by atoms with Gasteiger partial charge in [0.25, 0.3) is 10.0 Å². The Morgan fingerprint density at radius 2 is 1.58 bits per heavy atom. The first-order valence-electron chi connectivity index (χ1n) is 11.1. The predicted octanol–water partition coefficient (Wildman–Crippen LogP) is 6.75. The van der Waals surface area contributed by atoms with Gasteiger partial charge in [0.1, 0.15) is 12.1 Å². The fraction of sp³-hybridized carbons (Fsp3) is 0.185. The van der Waals surface area contributed by atoms with E-state index in [0.29, 0.717) is 5.69 Å². The van der Waals surface area contributed by atoms with E-state index in [-0.39, 0.29) is 14.9 Å². The first-order chi connectivity index (χ1) is 16.9. The van der Waals surface area contributed by atoms with Crippen molar-refractivity contribution in [2.45, 2.75) is 31.3 Å². The normalized spacial score (nSPS) is 11.9. The average Bonchev–Trinajstić information content (AvgIpc) is 2.80. The Balaban J connectivity index is 1.78. The van der Waals surface area contributed by atoms with Crippen molar-refractivity contribution in [3.63, 3.8) is 0 Å². The maximum Gasteiger partial charge on any atom is 0.327 e. The molecule has 0 saturated carbocycles. The molecule has 0 radical (unpaired) electrons. The molecular weight excluding hydrogens is 519 g/mol. The van der Waals surface area contributed by atoms with Crippen molar-refractivity contribution < 1.29 is 17.9 Å². The van der Waals surface area contributed by atoms with E-state index in [1.165, 1.54) is 18.2 Å². The van der Waals surface area contributed by atoms with Gasteiger partial charge in [-0.2, -0.15) is 0 Å². The molecule has 1 heterocycles. The molecule has 0 fully saturated rings. The Hall–Kier alpha value is -3.13. The third-order valence-electron chi connectivity index (χ3n) is 5.19. The largest absolute Gasteiger partial charge is 0.459 e. The van der Waals surface area contributed by atoms with Crippen LogP contribution in [-0.4, -0.2) is 31.5 Å². The highest BCUT2D eigenvalue weighted by Crippen LogP contribution is 2.31. The quantitative estimate of drug-likeness (QED) is 0.252. The minimum atomic E-state index is -4.22. The van der Waals surface area contributed by atoms with Gasteiger partial charge >= 0.3 is 5.97 Å². The molecule has 0 aliphatic heterocycles. The van der Waals surface area contributed by atoms with Crippen molar-refractivity contribution in [2.75, 3.05) is 10.8 Å². The van der Waals surface area contributed by atoms with Crippen molar-refractivity contribution in [1.29, 1.82) is 0 Å². The summed E-state index contributed by atoms with van der Waals surface area (Å²) in [6.45, 7) is 4.63. The van der Waals surface area contributed by atoms with Crippen LogP contribution in [0.4, 0.5) is 5.69 Å². The molecule has 36 heavy (non-hydrogen) atoms. The molecule has 9 heteroatoms. The molecule has 0 atom stereocenters. The Morgan fingerprint density at radius 3 is 2.22 bits per heavy atom. The SMILES string of the molecule is CC(C)(C)OC(=O)CN(c1ccc2cc(-c3ccccn3)ccc2c1)S(=O)(=O)c1cc(Cl)cc(Cl)c1. The number of anilines is 1. The molecule has 0 amide bonds. The van der Waals surface area contributed by atoms with Gasteiger partial charge in [0.05, 0.1) is 16.3 Å². The van der Waals surface area contributed by atoms with Gasteiger partial charge in [-0.05, 0) is 80.1 Å². The number of fused-ring (bicyclic) bond motifs is 1. The highest BCUT2D eigenvalue weighted by molar-refractivity contribution is 7.92. The molecular formula is C27H24Cl2N2O4S. The molecule has 0 bridgehead atoms. The summed E-state index contributed by atoms with van der Waals surface area (Å²) in [5, 5.41) is 2.01. The van der Waals surface area contributed by atoms with Crippen LogP contribution in [0.25, 0.3) is 22.0 Å². The molecule has 1 aromatic heterocycles. The lowest BCUT2D eigenvalue weighted by molar-refractivity contribution is -0.152. The standard InChI is InChI=1S/C27H24Cl2N2O4S/c1-27(2,3)35-26(32)17-31(36(33,34)24-15-21(28)14-22(29)16-24)23-10-9-18-12-20(8-7-19(18)13-23)25-6-4-5-11-30-25/h4-16H,17H2,1-3H3. The van der Waals surface area contributed by atoms with Crippen LogP contribution < -0.4 is 4.31 Å². The number of nitrogens with zero attached hydrogens (tertiary/aromatic N) is 2. The summed E-state index contributed by atoms with van der Waals surface area (Å²) in [6, 6.07) is 20.7. The van der Waals surface area contributed by atoms with Crippen LogP contribution in [0, 0.1) is 0 Å². The van der Waals surface area contributed by atoms with E-state index in [1.54, 1.807) is 45.2 Å². The van der Waals surface area contributed by atoms with Crippen LogP contribution in [-0.2, 0) is 19.6 Å². The van der Waals surface area contributed by atoms with Crippen LogP contribution in [0.15, 0.2) is 83.9 Å². The van der Waals surface area contributed by atoms with Gasteiger partial charge < -0.3 is 4.74 Å². The number of hydrogen-bond donors (Lipinski definition) is 0. The van der Waals surface area contributed by atoms with E-state index in [2.05, 4.69) is 4.98 Å². The summed E-state index contributed by atoms with van der Waals surface area (Å²) in [5.74, 6) is -0.690. The summed E-state index contributed by atoms with van der Waals surface area (Å²) in [6.07, 6.45) is 1.73. The minimum absolute atomic E-state index is 0.130. The molecule has 0 aliphatic rings. The zero-order chi connectivity index (χ0) is 26.1. The number of rotatable bonds is 6. The van der Waals surface area contributed by atoms with Crippen molar-refractivity contribution in [3.8, 4) is 11.3 Å². The summed E-state index contributed by atoms with van der Waals surface area (Å²) in [5.41, 5.74) is 1.28. The van der Waals surface area contributed by atoms with E-state index < -0.39 is 28.1 Å². The molecule has 4 aromatic rings. The van der Waals surface area contributed by atoms with Crippen LogP contribution in [0.5, 0.6) is 0 Å². The van der Waals surface area contributed by atoms with Crippen molar-refractivity contribution in [1.82, 2.24) is 4.98 Å². The van der Waals surface area contributed by atoms with Crippen LogP contribution >= 0.6 is 23.2 Å². The van der Waals surface area contributed by atoms with Crippen LogP contribution in [0.1, 0.15) is 20.8 Å². The second kappa shape index (κ2) is 10.1. The second-order valence-electron chi connectivity index (χ2n) is 9.16. The van der Waals surface area contributed by atoms with Crippen molar-refractivity contribution >= 4 is 55.7 Å². The molecule has 0 unspecified atom stereocenters. The molecule has 4 rings (SSSR count). The monoisotopic (exact) mass is 542 g/mol. The van der Waals surface area contributed by atoms with Gasteiger partial charge in [-0.1, -0.05) is 47.5 Å². The highest BCUT2D eigenvalue weighted by Gasteiger charge is 2.30. The van der Waals surface area contributed by atoms with Crippen LogP contribution in [0.3, 0.4) is 0 Å². The fourth-order valence-electron chi connectivity index (χ4n) is 3.69. The van der Waals surface area contributed by atoms with Gasteiger partial charge in [-0.25, -0.2) is 8.42 Å². The zero-order valence-corrected chi connectivity index (χ0v) is 22.2. The fourth-order valence-corrected chi connectivity index (χ4v) is 5.82. The molecule has 6 nitrogen and oxygen atoms in total. The molecule has 0 spiro atoms. The van der Waals surface area contributed by atoms with Gasteiger partial charge in [0.15, 0.2) is 0 Å². The first kappa shape index (κ1) is 25.9. The third kappa shape index (κ3) is 5.98. The third-order valence-corrected chi connectivity index (χ3v) is 7.38. The van der Waals surface area contributed by atoms with Crippen molar-refractivity contribution in [2.24, 2.45) is 0 Å². The number of ether oxygens (including phenoxy) is 1. The number of pyridine rings is 1. The van der Waals surface area contributed by atoms with Crippen molar-refractivity contribution in [3.05, 3.63) is 89.0 Å². The maximum atomic E-state index is 13.7. The van der Waals surface area contributed by atoms with E-state index >= 15 is 0 Å². The number of aromatic nitrogens is 1. The Kier molecular flexibility index (Phi) is 7.27. The Labute approximate surface area is 220 Å². The molecule has 3 aromatic carbocycles. The Bertz CT molecular complexity index is 1510. The Morgan fingerprint density at radius 1 is 0.917 bits per heavy atom. The topological polar surface area (TPSA) is 76.6 Å². The molecule has 186 valence electrons. The molecule has 0 N–H and O–H groups in total. The highest BCUT2D eigenvalue weighted by atomic mass is 35.5. The summed E-state index contributed by atoms with van der Waals surface area (Å²) in [4.78, 5) is 17.0. The molecule has 0 saturated heterocycles. The number of benzene rings is 3. The van der Waals surface area contributed by atoms with Gasteiger partial charge in [0, 0.05) is 21.8 Å². The minimum Gasteiger partial charge on any atom is -0.459 e. The lowest BCUT2D eigenvalue weighted by Gasteiger charge is -2.26. The van der Waals surface area contributed by atoms with E-state index in [9.17, 15) is 13.2 Å². The van der Waals surface area contributed by atoms with E-state index in [4.69, 9.17) is 27.9 Å². The average molecular weight is 543 g/mol. The smallest absolute Gasteiger partial charge is 0.327 e. The number of carbonyl (C=O) groups is 1. The summed E-state index contributed by atoms with van der Waals surface area (Å²) >= 11 is 12.2. The van der Waals surface area contributed by atoms with Gasteiger partial charge in [0.2, 0.25) is 0 Å². The number of halogens is 2. The predicted molar refractivity (Wildman–Crippen MR) is 144 cm³/mol. The second-order valence-corrected chi connectivity index (χ2v) is 11.9. The van der Waals surface area contributed by atoms with E-state index in [1.807, 2.05) is 36.4 Å². The molecule has 0 aliphatic carbocycles. The van der Waals surface area contributed by atoms with E-state index in [0.717, 1.165) is 26.3 Å². The number of hydrogen-bond acceptors (Lipinski definition) is 5.